The Balaban J connectivity index is 1.90. The van der Waals surface area contributed by atoms with Gasteiger partial charge in [-0.1, -0.05) is 6.92 Å². The molecule has 0 bridgehead atoms. The number of rotatable bonds is 4. The molecule has 3 N–H and O–H groups in total. The average molecular weight is 310 g/mol. The molecule has 0 spiro atoms. The summed E-state index contributed by atoms with van der Waals surface area (Å²) in [6.07, 6.45) is 2.49. The lowest BCUT2D eigenvalue weighted by atomic mass is 9.97. The van der Waals surface area contributed by atoms with Crippen LogP contribution in [0.5, 0.6) is 0 Å². The van der Waals surface area contributed by atoms with Crippen molar-refractivity contribution in [3.8, 4) is 0 Å². The fraction of sp³-hybridized carbons (Fsp3) is 0.643. The molecule has 21 heavy (non-hydrogen) atoms. The molecule has 0 aliphatic carbocycles. The van der Waals surface area contributed by atoms with Crippen LogP contribution in [0.2, 0.25) is 0 Å². The second-order valence-electron chi connectivity index (χ2n) is 5.30. The van der Waals surface area contributed by atoms with Gasteiger partial charge in [0.15, 0.2) is 0 Å². The Morgan fingerprint density at radius 1 is 1.52 bits per heavy atom. The Morgan fingerprint density at radius 2 is 2.29 bits per heavy atom. The molecule has 1 saturated heterocycles. The number of hydrogen-bond acceptors (Lipinski definition) is 4. The Bertz CT molecular complexity index is 529. The molecule has 6 nitrogen and oxygen atoms in total. The van der Waals surface area contributed by atoms with Gasteiger partial charge in [0.2, 0.25) is 5.91 Å². The topological polar surface area (TPSA) is 88.3 Å². The lowest BCUT2D eigenvalue weighted by molar-refractivity contribution is -0.126. The fourth-order valence-corrected chi connectivity index (χ4v) is 3.59. The van der Waals surface area contributed by atoms with Crippen LogP contribution in [0.3, 0.4) is 0 Å². The number of nitrogens with one attached hydrogen (secondary N) is 1. The molecule has 2 heterocycles. The Kier molecular flexibility index (Phi) is 5.17. The smallest absolute Gasteiger partial charge is 0.314 e. The summed E-state index contributed by atoms with van der Waals surface area (Å²) in [5.41, 5.74) is 6.34. The Hall–Kier alpha value is -1.63. The molecule has 7 heteroatoms. The molecule has 2 rings (SSSR count). The molecule has 1 aromatic heterocycles. The van der Waals surface area contributed by atoms with Gasteiger partial charge in [0.25, 0.3) is 0 Å². The van der Waals surface area contributed by atoms with Crippen molar-refractivity contribution in [3.63, 3.8) is 0 Å². The molecule has 1 fully saturated rings. The van der Waals surface area contributed by atoms with Crippen molar-refractivity contribution < 1.29 is 9.59 Å². The van der Waals surface area contributed by atoms with Crippen molar-refractivity contribution in [3.05, 3.63) is 15.6 Å². The minimum atomic E-state index is -0.446. The van der Waals surface area contributed by atoms with Crippen molar-refractivity contribution >= 4 is 23.3 Å². The van der Waals surface area contributed by atoms with Crippen LogP contribution in [0, 0.1) is 12.8 Å². The van der Waals surface area contributed by atoms with E-state index in [0.717, 1.165) is 34.8 Å². The molecular formula is C14H22N4O2S. The van der Waals surface area contributed by atoms with E-state index in [4.69, 9.17) is 5.73 Å². The molecule has 116 valence electrons. The highest BCUT2D eigenvalue weighted by Gasteiger charge is 2.27. The zero-order valence-electron chi connectivity index (χ0n) is 12.5. The summed E-state index contributed by atoms with van der Waals surface area (Å²) in [6.45, 7) is 5.62. The second kappa shape index (κ2) is 6.89. The molecule has 1 aliphatic rings. The number of piperidine rings is 1. The van der Waals surface area contributed by atoms with E-state index in [-0.39, 0.29) is 11.8 Å². The minimum Gasteiger partial charge on any atom is -0.351 e. The van der Waals surface area contributed by atoms with E-state index in [9.17, 15) is 9.59 Å². The maximum Gasteiger partial charge on any atom is 0.314 e. The number of carbonyl (C=O) groups is 2. The van der Waals surface area contributed by atoms with Gasteiger partial charge in [-0.25, -0.2) is 9.78 Å². The average Bonchev–Trinajstić information content (AvgIpc) is 2.85. The summed E-state index contributed by atoms with van der Waals surface area (Å²) in [7, 11) is 0. The number of likely N-dealkylation sites (tertiary alicyclic amines) is 1. The van der Waals surface area contributed by atoms with Crippen molar-refractivity contribution in [1.82, 2.24) is 15.2 Å². The number of nitrogens with two attached hydrogens (primary N) is 1. The highest BCUT2D eigenvalue weighted by atomic mass is 32.1. The fourth-order valence-electron chi connectivity index (χ4n) is 2.63. The Labute approximate surface area is 128 Å². The summed E-state index contributed by atoms with van der Waals surface area (Å²) in [6, 6.07) is -0.446. The van der Waals surface area contributed by atoms with E-state index in [1.165, 1.54) is 0 Å². The van der Waals surface area contributed by atoms with Gasteiger partial charge in [0.05, 0.1) is 23.2 Å². The van der Waals surface area contributed by atoms with Gasteiger partial charge < -0.3 is 16.0 Å². The standard InChI is InChI=1S/C14H22N4O2S/c1-3-11-12(21-9(2)17-11)7-16-13(19)10-5-4-6-18(8-10)14(15)20/h10H,3-8H2,1-2H3,(H2,15,20)(H,16,19)/t10-/m1/s1. The molecule has 1 aliphatic heterocycles. The quantitative estimate of drug-likeness (QED) is 0.881. The van der Waals surface area contributed by atoms with Gasteiger partial charge in [-0.15, -0.1) is 11.3 Å². The zero-order valence-corrected chi connectivity index (χ0v) is 13.3. The van der Waals surface area contributed by atoms with Gasteiger partial charge in [-0.05, 0) is 26.2 Å². The molecule has 1 aromatic rings. The summed E-state index contributed by atoms with van der Waals surface area (Å²) < 4.78 is 0. The molecule has 0 aromatic carbocycles. The first-order valence-corrected chi connectivity index (χ1v) is 8.10. The van der Waals surface area contributed by atoms with E-state index < -0.39 is 6.03 Å². The summed E-state index contributed by atoms with van der Waals surface area (Å²) in [5.74, 6) is -0.167. The SMILES string of the molecule is CCc1nc(C)sc1CNC(=O)[C@@H]1CCCN(C(N)=O)C1. The molecule has 1 atom stereocenters. The first-order chi connectivity index (χ1) is 10.0. The van der Waals surface area contributed by atoms with E-state index in [0.29, 0.717) is 19.6 Å². The highest BCUT2D eigenvalue weighted by Crippen LogP contribution is 2.20. The summed E-state index contributed by atoms with van der Waals surface area (Å²) >= 11 is 1.62. The van der Waals surface area contributed by atoms with Crippen LogP contribution in [-0.4, -0.2) is 34.9 Å². The number of carbonyl (C=O) groups excluding carboxylic acids is 2. The maximum atomic E-state index is 12.2. The van der Waals surface area contributed by atoms with Crippen LogP contribution in [0.15, 0.2) is 0 Å². The van der Waals surface area contributed by atoms with Crippen LogP contribution < -0.4 is 11.1 Å². The largest absolute Gasteiger partial charge is 0.351 e. The number of nitrogens with zero attached hydrogens (tertiary/aromatic N) is 2. The summed E-state index contributed by atoms with van der Waals surface area (Å²) in [4.78, 5) is 30.6. The normalized spacial score (nSPS) is 18.6. The minimum absolute atomic E-state index is 0.00550. The van der Waals surface area contributed by atoms with Crippen LogP contribution in [-0.2, 0) is 17.8 Å². The van der Waals surface area contributed by atoms with Gasteiger partial charge in [0, 0.05) is 18.0 Å². The zero-order chi connectivity index (χ0) is 15.4. The number of amides is 3. The number of urea groups is 1. The van der Waals surface area contributed by atoms with Crippen molar-refractivity contribution in [2.24, 2.45) is 11.7 Å². The Morgan fingerprint density at radius 3 is 2.95 bits per heavy atom. The number of primary amides is 1. The first kappa shape index (κ1) is 15.8. The third-order valence-corrected chi connectivity index (χ3v) is 4.76. The number of aromatic nitrogens is 1. The van der Waals surface area contributed by atoms with Crippen LogP contribution >= 0.6 is 11.3 Å². The van der Waals surface area contributed by atoms with E-state index >= 15 is 0 Å². The van der Waals surface area contributed by atoms with E-state index in [1.54, 1.807) is 16.2 Å². The predicted octanol–water partition coefficient (Wildman–Crippen LogP) is 1.42. The third-order valence-electron chi connectivity index (χ3n) is 3.75. The monoisotopic (exact) mass is 310 g/mol. The van der Waals surface area contributed by atoms with Gasteiger partial charge >= 0.3 is 6.03 Å². The number of hydrogen-bond donors (Lipinski definition) is 2. The summed E-state index contributed by atoms with van der Waals surface area (Å²) in [5, 5.41) is 3.99. The van der Waals surface area contributed by atoms with E-state index in [1.807, 2.05) is 6.92 Å². The highest BCUT2D eigenvalue weighted by molar-refractivity contribution is 7.11. The lowest BCUT2D eigenvalue weighted by Crippen LogP contribution is -2.47. The van der Waals surface area contributed by atoms with Crippen LogP contribution in [0.1, 0.15) is 35.3 Å². The van der Waals surface area contributed by atoms with Crippen LogP contribution in [0.25, 0.3) is 0 Å². The molecular weight excluding hydrogens is 288 g/mol. The van der Waals surface area contributed by atoms with Crippen molar-refractivity contribution in [1.29, 1.82) is 0 Å². The van der Waals surface area contributed by atoms with Gasteiger partial charge in [0.1, 0.15) is 0 Å². The maximum absolute atomic E-state index is 12.2. The predicted molar refractivity (Wildman–Crippen MR) is 82.0 cm³/mol. The molecule has 0 unspecified atom stereocenters. The van der Waals surface area contributed by atoms with Gasteiger partial charge in [-0.2, -0.15) is 0 Å². The van der Waals surface area contributed by atoms with E-state index in [2.05, 4.69) is 17.2 Å². The van der Waals surface area contributed by atoms with Crippen LogP contribution in [0.4, 0.5) is 4.79 Å². The molecule has 3 amide bonds. The molecule has 0 radical (unpaired) electrons. The number of aryl methyl sites for hydroxylation is 2. The van der Waals surface area contributed by atoms with Crippen molar-refractivity contribution in [2.75, 3.05) is 13.1 Å². The second-order valence-corrected chi connectivity index (χ2v) is 6.59. The lowest BCUT2D eigenvalue weighted by Gasteiger charge is -2.30. The first-order valence-electron chi connectivity index (χ1n) is 7.28. The number of thiazole rings is 1. The molecule has 0 saturated carbocycles. The van der Waals surface area contributed by atoms with Gasteiger partial charge in [-0.3, -0.25) is 4.79 Å². The van der Waals surface area contributed by atoms with Crippen molar-refractivity contribution in [2.45, 2.75) is 39.7 Å². The third kappa shape index (κ3) is 3.93.